The van der Waals surface area contributed by atoms with Crippen LogP contribution in [-0.4, -0.2) is 49.1 Å². The Morgan fingerprint density at radius 3 is 2.38 bits per heavy atom. The van der Waals surface area contributed by atoms with Crippen LogP contribution < -0.4 is 9.64 Å². The van der Waals surface area contributed by atoms with Crippen molar-refractivity contribution < 1.29 is 13.9 Å². The molecule has 0 spiro atoms. The third-order valence-corrected chi connectivity index (χ3v) is 5.30. The number of carbonyl (C=O) groups is 1. The van der Waals surface area contributed by atoms with Crippen LogP contribution in [0, 0.1) is 6.92 Å². The van der Waals surface area contributed by atoms with Crippen LogP contribution in [0.15, 0.2) is 59.0 Å². The fourth-order valence-corrected chi connectivity index (χ4v) is 3.56. The van der Waals surface area contributed by atoms with Crippen LogP contribution in [0.5, 0.6) is 5.75 Å². The van der Waals surface area contributed by atoms with Crippen LogP contribution in [-0.2, 0) is 11.2 Å². The van der Waals surface area contributed by atoms with Gasteiger partial charge in [0.15, 0.2) is 0 Å². The predicted molar refractivity (Wildman–Crippen MR) is 112 cm³/mol. The van der Waals surface area contributed by atoms with E-state index in [9.17, 15) is 4.79 Å². The molecule has 150 valence electrons. The fourth-order valence-electron chi connectivity index (χ4n) is 3.56. The lowest BCUT2D eigenvalue weighted by atomic mass is 10.2. The number of aromatic nitrogens is 1. The molecule has 29 heavy (non-hydrogen) atoms. The van der Waals surface area contributed by atoms with Crippen molar-refractivity contribution in [1.82, 2.24) is 9.88 Å². The van der Waals surface area contributed by atoms with Gasteiger partial charge in [0, 0.05) is 37.4 Å². The number of ether oxygens (including phenoxy) is 1. The van der Waals surface area contributed by atoms with Crippen LogP contribution in [0.2, 0.25) is 0 Å². The zero-order chi connectivity index (χ0) is 20.2. The van der Waals surface area contributed by atoms with Gasteiger partial charge in [-0.05, 0) is 43.3 Å². The molecule has 1 amide bonds. The number of rotatable bonds is 5. The summed E-state index contributed by atoms with van der Waals surface area (Å²) >= 11 is 0. The molecule has 1 fully saturated rings. The van der Waals surface area contributed by atoms with Crippen LogP contribution in [0.1, 0.15) is 11.5 Å². The second kappa shape index (κ2) is 8.39. The van der Waals surface area contributed by atoms with Gasteiger partial charge in [-0.2, -0.15) is 0 Å². The fraction of sp³-hybridized carbons (Fsp3) is 0.304. The van der Waals surface area contributed by atoms with Gasteiger partial charge in [-0.15, -0.1) is 0 Å². The number of para-hydroxylation sites is 1. The molecule has 6 nitrogen and oxygen atoms in total. The first-order chi connectivity index (χ1) is 14.1. The average Bonchev–Trinajstić information content (AvgIpc) is 3.14. The number of anilines is 1. The van der Waals surface area contributed by atoms with Gasteiger partial charge < -0.3 is 19.0 Å². The summed E-state index contributed by atoms with van der Waals surface area (Å²) in [5.74, 6) is 2.09. The first-order valence-corrected chi connectivity index (χ1v) is 9.82. The monoisotopic (exact) mass is 391 g/mol. The Hall–Kier alpha value is -3.28. The number of amides is 1. The van der Waals surface area contributed by atoms with E-state index < -0.39 is 0 Å². The summed E-state index contributed by atoms with van der Waals surface area (Å²) in [6.45, 7) is 4.97. The Balaban J connectivity index is 1.38. The van der Waals surface area contributed by atoms with Crippen molar-refractivity contribution in [2.75, 3.05) is 38.2 Å². The zero-order valence-electron chi connectivity index (χ0n) is 16.8. The van der Waals surface area contributed by atoms with E-state index in [1.54, 1.807) is 7.11 Å². The number of hydrogen-bond donors (Lipinski definition) is 0. The molecule has 6 heteroatoms. The number of benzene rings is 2. The summed E-state index contributed by atoms with van der Waals surface area (Å²) in [5.41, 5.74) is 2.77. The molecule has 4 rings (SSSR count). The third kappa shape index (κ3) is 4.26. The second-order valence-corrected chi connectivity index (χ2v) is 7.13. The molecular formula is C23H25N3O3. The maximum Gasteiger partial charge on any atom is 0.228 e. The first kappa shape index (κ1) is 19.1. The van der Waals surface area contributed by atoms with Gasteiger partial charge in [0.1, 0.15) is 11.5 Å². The Morgan fingerprint density at radius 1 is 1.03 bits per heavy atom. The van der Waals surface area contributed by atoms with Crippen LogP contribution >= 0.6 is 0 Å². The van der Waals surface area contributed by atoms with Crippen molar-refractivity contribution in [3.63, 3.8) is 0 Å². The first-order valence-electron chi connectivity index (χ1n) is 9.82. The summed E-state index contributed by atoms with van der Waals surface area (Å²) in [5, 5.41) is 0. The highest BCUT2D eigenvalue weighted by Crippen LogP contribution is 2.24. The number of nitrogens with zero attached hydrogens (tertiary/aromatic N) is 3. The van der Waals surface area contributed by atoms with E-state index in [4.69, 9.17) is 9.15 Å². The maximum atomic E-state index is 12.8. The highest BCUT2D eigenvalue weighted by molar-refractivity contribution is 5.79. The number of piperazine rings is 1. The highest BCUT2D eigenvalue weighted by atomic mass is 16.5. The molecule has 0 aliphatic carbocycles. The summed E-state index contributed by atoms with van der Waals surface area (Å²) in [6.07, 6.45) is 0.261. The zero-order valence-corrected chi connectivity index (χ0v) is 16.8. The molecule has 1 saturated heterocycles. The molecule has 0 saturated carbocycles. The summed E-state index contributed by atoms with van der Waals surface area (Å²) in [7, 11) is 1.63. The largest absolute Gasteiger partial charge is 0.497 e. The van der Waals surface area contributed by atoms with Gasteiger partial charge in [0.25, 0.3) is 0 Å². The molecule has 0 radical (unpaired) electrons. The van der Waals surface area contributed by atoms with Crippen molar-refractivity contribution in [3.8, 4) is 17.2 Å². The molecule has 2 heterocycles. The van der Waals surface area contributed by atoms with E-state index in [-0.39, 0.29) is 12.3 Å². The van der Waals surface area contributed by atoms with Gasteiger partial charge in [-0.1, -0.05) is 18.2 Å². The third-order valence-electron chi connectivity index (χ3n) is 5.30. The number of aryl methyl sites for hydroxylation is 1. The molecule has 0 unspecified atom stereocenters. The Morgan fingerprint density at radius 2 is 1.72 bits per heavy atom. The minimum absolute atomic E-state index is 0.0930. The molecule has 0 N–H and O–H groups in total. The Kier molecular flexibility index (Phi) is 5.51. The molecule has 0 atom stereocenters. The van der Waals surface area contributed by atoms with Gasteiger partial charge >= 0.3 is 0 Å². The number of hydrogen-bond acceptors (Lipinski definition) is 5. The van der Waals surface area contributed by atoms with Crippen molar-refractivity contribution >= 4 is 11.6 Å². The van der Waals surface area contributed by atoms with E-state index in [0.717, 1.165) is 37.5 Å². The molecule has 1 aliphatic rings. The van der Waals surface area contributed by atoms with Crippen molar-refractivity contribution in [2.45, 2.75) is 13.3 Å². The normalized spacial score (nSPS) is 14.1. The van der Waals surface area contributed by atoms with Gasteiger partial charge in [-0.3, -0.25) is 4.79 Å². The second-order valence-electron chi connectivity index (χ2n) is 7.13. The minimum Gasteiger partial charge on any atom is -0.497 e. The quantitative estimate of drug-likeness (QED) is 0.666. The van der Waals surface area contributed by atoms with Crippen molar-refractivity contribution in [3.05, 3.63) is 66.1 Å². The highest BCUT2D eigenvalue weighted by Gasteiger charge is 2.23. The van der Waals surface area contributed by atoms with Crippen LogP contribution in [0.3, 0.4) is 0 Å². The molecule has 2 aromatic carbocycles. The summed E-state index contributed by atoms with van der Waals surface area (Å²) in [6, 6.07) is 17.9. The lowest BCUT2D eigenvalue weighted by Gasteiger charge is -2.36. The minimum atomic E-state index is 0.0930. The number of methoxy groups -OCH3 is 1. The van der Waals surface area contributed by atoms with Crippen LogP contribution in [0.25, 0.3) is 11.5 Å². The van der Waals surface area contributed by atoms with Gasteiger partial charge in [-0.25, -0.2) is 4.98 Å². The molecule has 1 aliphatic heterocycles. The Labute approximate surface area is 170 Å². The van der Waals surface area contributed by atoms with Crippen LogP contribution in [0.4, 0.5) is 5.69 Å². The van der Waals surface area contributed by atoms with E-state index in [1.165, 1.54) is 5.69 Å². The maximum absolute atomic E-state index is 12.8. The smallest absolute Gasteiger partial charge is 0.228 e. The van der Waals surface area contributed by atoms with Crippen molar-refractivity contribution in [2.24, 2.45) is 0 Å². The Bertz CT molecular complexity index is 959. The van der Waals surface area contributed by atoms with Gasteiger partial charge in [0.05, 0.1) is 19.2 Å². The molecule has 0 bridgehead atoms. The topological polar surface area (TPSA) is 58.8 Å². The van der Waals surface area contributed by atoms with E-state index >= 15 is 0 Å². The molecule has 1 aromatic heterocycles. The van der Waals surface area contributed by atoms with Gasteiger partial charge in [0.2, 0.25) is 11.8 Å². The van der Waals surface area contributed by atoms with E-state index in [0.29, 0.717) is 17.3 Å². The average molecular weight is 391 g/mol. The number of oxazole rings is 1. The predicted octanol–water partition coefficient (Wildman–Crippen LogP) is 3.55. The van der Waals surface area contributed by atoms with E-state index in [2.05, 4.69) is 22.0 Å². The number of carbonyl (C=O) groups excluding carboxylic acids is 1. The molecular weight excluding hydrogens is 366 g/mol. The lowest BCUT2D eigenvalue weighted by molar-refractivity contribution is -0.130. The van der Waals surface area contributed by atoms with Crippen molar-refractivity contribution in [1.29, 1.82) is 0 Å². The SMILES string of the molecule is COc1ccc(-c2nc(CC(=O)N3CCN(c4ccccc4)CC3)c(C)o2)cc1. The standard InChI is InChI=1S/C23H25N3O3/c1-17-21(24-23(29-17)18-8-10-20(28-2)11-9-18)16-22(27)26-14-12-25(13-15-26)19-6-4-3-5-7-19/h3-11H,12-16H2,1-2H3. The summed E-state index contributed by atoms with van der Waals surface area (Å²) < 4.78 is 11.0. The van der Waals surface area contributed by atoms with E-state index in [1.807, 2.05) is 54.3 Å². The lowest BCUT2D eigenvalue weighted by Crippen LogP contribution is -2.49. The molecule has 3 aromatic rings. The summed E-state index contributed by atoms with van der Waals surface area (Å²) in [4.78, 5) is 21.6.